The molecule has 2 heterocycles. The quantitative estimate of drug-likeness (QED) is 0.841. The fourth-order valence-corrected chi connectivity index (χ4v) is 2.84. The molecule has 1 aliphatic heterocycles. The third kappa shape index (κ3) is 3.38. The van der Waals surface area contributed by atoms with Crippen LogP contribution >= 0.6 is 0 Å². The highest BCUT2D eigenvalue weighted by Gasteiger charge is 2.41. The van der Waals surface area contributed by atoms with Crippen molar-refractivity contribution in [3.8, 4) is 5.75 Å². The predicted octanol–water partition coefficient (Wildman–Crippen LogP) is 2.10. The van der Waals surface area contributed by atoms with Crippen LogP contribution in [0.25, 0.3) is 0 Å². The molecule has 2 aromatic rings. The molecular weight excluding hydrogens is 306 g/mol. The Morgan fingerprint density at radius 2 is 2.00 bits per heavy atom. The molecule has 1 atom stereocenters. The van der Waals surface area contributed by atoms with E-state index in [1.54, 1.807) is 30.5 Å². The normalized spacial score (nSPS) is 20.2. The summed E-state index contributed by atoms with van der Waals surface area (Å²) >= 11 is 0. The number of rotatable bonds is 5. The number of likely N-dealkylation sites (tertiary alicyclic amines) is 1. The van der Waals surface area contributed by atoms with Gasteiger partial charge in [-0.25, -0.2) is 9.97 Å². The van der Waals surface area contributed by atoms with Gasteiger partial charge in [-0.3, -0.25) is 4.79 Å². The van der Waals surface area contributed by atoms with E-state index in [-0.39, 0.29) is 11.7 Å². The van der Waals surface area contributed by atoms with Crippen molar-refractivity contribution in [2.75, 3.05) is 26.8 Å². The lowest BCUT2D eigenvalue weighted by atomic mass is 10.0. The maximum absolute atomic E-state index is 12.5. The van der Waals surface area contributed by atoms with E-state index < -0.39 is 5.60 Å². The lowest BCUT2D eigenvalue weighted by molar-refractivity contribution is -0.0344. The zero-order valence-corrected chi connectivity index (χ0v) is 13.9. The van der Waals surface area contributed by atoms with Gasteiger partial charge < -0.3 is 14.4 Å². The second kappa shape index (κ2) is 6.97. The first-order chi connectivity index (χ1) is 11.6. The van der Waals surface area contributed by atoms with Crippen LogP contribution in [0.5, 0.6) is 5.75 Å². The number of hydrogen-bond donors (Lipinski definition) is 0. The van der Waals surface area contributed by atoms with Crippen LogP contribution in [0.1, 0.15) is 22.6 Å². The standard InChI is InChI=1S/C18H21N3O3/c1-14-6-3-4-7-15(14)24-13-18(23-2)8-11-21(12-18)17(22)16-19-9-5-10-20-16/h3-7,9-10H,8,11-13H2,1-2H3/t18-/m1/s1. The molecule has 1 saturated heterocycles. The molecule has 1 aromatic heterocycles. The van der Waals surface area contributed by atoms with Gasteiger partial charge in [0.25, 0.3) is 5.91 Å². The summed E-state index contributed by atoms with van der Waals surface area (Å²) in [6, 6.07) is 9.56. The SMILES string of the molecule is CO[C@]1(COc2ccccc2C)CCN(C(=O)c2ncccn2)C1. The lowest BCUT2D eigenvalue weighted by Crippen LogP contribution is -2.42. The maximum atomic E-state index is 12.5. The largest absolute Gasteiger partial charge is 0.490 e. The molecule has 0 aliphatic carbocycles. The number of amides is 1. The lowest BCUT2D eigenvalue weighted by Gasteiger charge is -2.28. The molecule has 0 N–H and O–H groups in total. The summed E-state index contributed by atoms with van der Waals surface area (Å²) in [4.78, 5) is 22.3. The van der Waals surface area contributed by atoms with Crippen molar-refractivity contribution >= 4 is 5.91 Å². The number of carbonyl (C=O) groups excluding carboxylic acids is 1. The van der Waals surface area contributed by atoms with Gasteiger partial charge >= 0.3 is 0 Å². The van der Waals surface area contributed by atoms with Crippen LogP contribution in [0.4, 0.5) is 0 Å². The molecule has 0 unspecified atom stereocenters. The van der Waals surface area contributed by atoms with E-state index in [1.807, 2.05) is 31.2 Å². The second-order valence-corrected chi connectivity index (χ2v) is 5.99. The van der Waals surface area contributed by atoms with Crippen molar-refractivity contribution < 1.29 is 14.3 Å². The highest BCUT2D eigenvalue weighted by Crippen LogP contribution is 2.28. The van der Waals surface area contributed by atoms with Gasteiger partial charge in [0, 0.05) is 26.0 Å². The number of para-hydroxylation sites is 1. The van der Waals surface area contributed by atoms with Crippen LogP contribution in [0.2, 0.25) is 0 Å². The van der Waals surface area contributed by atoms with E-state index in [1.165, 1.54) is 0 Å². The number of ether oxygens (including phenoxy) is 2. The molecule has 6 heteroatoms. The molecule has 0 spiro atoms. The number of hydrogen-bond acceptors (Lipinski definition) is 5. The summed E-state index contributed by atoms with van der Waals surface area (Å²) in [5.74, 6) is 0.875. The zero-order valence-electron chi connectivity index (χ0n) is 13.9. The Morgan fingerprint density at radius 3 is 2.71 bits per heavy atom. The number of nitrogens with zero attached hydrogens (tertiary/aromatic N) is 3. The average Bonchev–Trinajstić information content (AvgIpc) is 3.06. The summed E-state index contributed by atoms with van der Waals surface area (Å²) in [5.41, 5.74) is 0.569. The Bertz CT molecular complexity index is 708. The van der Waals surface area contributed by atoms with Crippen molar-refractivity contribution in [3.63, 3.8) is 0 Å². The van der Waals surface area contributed by atoms with Crippen LogP contribution < -0.4 is 4.74 Å². The second-order valence-electron chi connectivity index (χ2n) is 5.99. The highest BCUT2D eigenvalue weighted by molar-refractivity contribution is 5.90. The number of benzene rings is 1. The third-order valence-corrected chi connectivity index (χ3v) is 4.38. The van der Waals surface area contributed by atoms with Gasteiger partial charge in [0.1, 0.15) is 18.0 Å². The Balaban J connectivity index is 1.67. The predicted molar refractivity (Wildman–Crippen MR) is 89.0 cm³/mol. The number of aromatic nitrogens is 2. The van der Waals surface area contributed by atoms with E-state index in [9.17, 15) is 4.79 Å². The van der Waals surface area contributed by atoms with Gasteiger partial charge in [-0.1, -0.05) is 18.2 Å². The minimum absolute atomic E-state index is 0.176. The van der Waals surface area contributed by atoms with Crippen molar-refractivity contribution in [2.24, 2.45) is 0 Å². The van der Waals surface area contributed by atoms with E-state index in [0.717, 1.165) is 11.3 Å². The number of carbonyl (C=O) groups is 1. The third-order valence-electron chi connectivity index (χ3n) is 4.38. The molecule has 3 rings (SSSR count). The van der Waals surface area contributed by atoms with E-state index in [2.05, 4.69) is 9.97 Å². The smallest absolute Gasteiger partial charge is 0.291 e. The van der Waals surface area contributed by atoms with Crippen molar-refractivity contribution in [3.05, 3.63) is 54.1 Å². The molecule has 126 valence electrons. The molecule has 0 radical (unpaired) electrons. The van der Waals surface area contributed by atoms with Crippen LogP contribution in [0, 0.1) is 6.92 Å². The van der Waals surface area contributed by atoms with E-state index in [4.69, 9.17) is 9.47 Å². The van der Waals surface area contributed by atoms with Crippen molar-refractivity contribution in [1.82, 2.24) is 14.9 Å². The van der Waals surface area contributed by atoms with Gasteiger partial charge in [0.05, 0.1) is 6.54 Å². The van der Waals surface area contributed by atoms with Crippen molar-refractivity contribution in [1.29, 1.82) is 0 Å². The van der Waals surface area contributed by atoms with Gasteiger partial charge in [-0.05, 0) is 31.0 Å². The molecule has 24 heavy (non-hydrogen) atoms. The van der Waals surface area contributed by atoms with E-state index >= 15 is 0 Å². The van der Waals surface area contributed by atoms with Crippen molar-refractivity contribution in [2.45, 2.75) is 18.9 Å². The molecule has 1 aliphatic rings. The monoisotopic (exact) mass is 327 g/mol. The molecule has 1 aromatic carbocycles. The summed E-state index contributed by atoms with van der Waals surface area (Å²) in [6.07, 6.45) is 3.86. The first-order valence-corrected chi connectivity index (χ1v) is 7.93. The minimum atomic E-state index is -0.507. The molecule has 1 fully saturated rings. The molecular formula is C18H21N3O3. The van der Waals surface area contributed by atoms with Crippen LogP contribution in [0.3, 0.4) is 0 Å². The minimum Gasteiger partial charge on any atom is -0.490 e. The fourth-order valence-electron chi connectivity index (χ4n) is 2.84. The molecule has 1 amide bonds. The van der Waals surface area contributed by atoms with Crippen LogP contribution in [-0.4, -0.2) is 53.2 Å². The van der Waals surface area contributed by atoms with Gasteiger partial charge in [-0.2, -0.15) is 0 Å². The summed E-state index contributed by atoms with van der Waals surface area (Å²) in [6.45, 7) is 3.47. The summed E-state index contributed by atoms with van der Waals surface area (Å²) < 4.78 is 11.7. The van der Waals surface area contributed by atoms with Crippen LogP contribution in [-0.2, 0) is 4.74 Å². The van der Waals surface area contributed by atoms with E-state index in [0.29, 0.717) is 26.1 Å². The summed E-state index contributed by atoms with van der Waals surface area (Å²) in [7, 11) is 1.66. The Hall–Kier alpha value is -2.47. The number of methoxy groups -OCH3 is 1. The van der Waals surface area contributed by atoms with Gasteiger partial charge in [-0.15, -0.1) is 0 Å². The van der Waals surface area contributed by atoms with Crippen LogP contribution in [0.15, 0.2) is 42.7 Å². The summed E-state index contributed by atoms with van der Waals surface area (Å²) in [5, 5.41) is 0. The highest BCUT2D eigenvalue weighted by atomic mass is 16.5. The van der Waals surface area contributed by atoms with Gasteiger partial charge in [0.15, 0.2) is 0 Å². The number of aryl methyl sites for hydroxylation is 1. The Kier molecular flexibility index (Phi) is 4.76. The molecule has 0 saturated carbocycles. The Labute approximate surface area is 141 Å². The first kappa shape index (κ1) is 16.4. The zero-order chi connectivity index (χ0) is 17.0. The van der Waals surface area contributed by atoms with Gasteiger partial charge in [0.2, 0.25) is 5.82 Å². The fraction of sp³-hybridized carbons (Fsp3) is 0.389. The maximum Gasteiger partial charge on any atom is 0.291 e. The molecule has 6 nitrogen and oxygen atoms in total. The first-order valence-electron chi connectivity index (χ1n) is 7.93. The Morgan fingerprint density at radius 1 is 1.25 bits per heavy atom. The molecule has 0 bridgehead atoms. The topological polar surface area (TPSA) is 64.6 Å². The average molecular weight is 327 g/mol.